The lowest BCUT2D eigenvalue weighted by Crippen LogP contribution is -2.59. The molecule has 8 rings (SSSR count). The third-order valence-electron chi connectivity index (χ3n) is 26.2. The van der Waals surface area contributed by atoms with E-state index in [1.807, 2.05) is 0 Å². The van der Waals surface area contributed by atoms with E-state index in [-0.39, 0.29) is 36.3 Å². The van der Waals surface area contributed by atoms with Gasteiger partial charge in [0.1, 0.15) is 5.60 Å². The molecule has 0 radical (unpaired) electrons. The molecule has 24 atom stereocenters. The number of nitrogens with two attached hydrogens (primary N) is 2. The van der Waals surface area contributed by atoms with Crippen LogP contribution in [0.25, 0.3) is 0 Å². The Kier molecular flexibility index (Phi) is 28.3. The zero-order valence-corrected chi connectivity index (χ0v) is 57.0. The molecule has 8 aliphatic rings. The van der Waals surface area contributed by atoms with Gasteiger partial charge in [0.05, 0.1) is 31.0 Å². The van der Waals surface area contributed by atoms with Crippen LogP contribution in [0.2, 0.25) is 0 Å². The minimum atomic E-state index is -2.38. The maximum atomic E-state index is 11.8. The number of hydrogen-bond acceptors (Lipinski definition) is 14. The van der Waals surface area contributed by atoms with Crippen molar-refractivity contribution in [3.05, 3.63) is 0 Å². The summed E-state index contributed by atoms with van der Waals surface area (Å²) in [6, 6.07) is 1.17. The van der Waals surface area contributed by atoms with Crippen molar-refractivity contribution in [3.63, 3.8) is 0 Å². The van der Waals surface area contributed by atoms with Gasteiger partial charge in [0.15, 0.2) is 0 Å². The van der Waals surface area contributed by atoms with Crippen LogP contribution in [-0.4, -0.2) is 139 Å². The summed E-state index contributed by atoms with van der Waals surface area (Å²) >= 11 is -4.72. The van der Waals surface area contributed by atoms with Gasteiger partial charge in [-0.2, -0.15) is 8.42 Å². The Hall–Kier alpha value is -0.260. The standard InChI is InChI=1S/2C34H65N3O5S/c1-24(9-7-14-32(2,39)23-42-43(40)41)27-10-11-28-31-29(13-16-34(27,28)4)33(3)15-12-26(21-25(33)22-30(31)38)37-20-8-19-36-18-6-5-17-35;1-24(9-7-14-32(2,23-38)42-43(40)41)27-10-11-28-31-29(13-16-34(27,28)4)33(3)15-12-26(21-25(33)22-30(31)39)37-20-8-19-36-18-6-5-17-35/h2*24-31,36-39H,5-23,35H2,1-4H3,(H,40,41)/t2*24?,25-,26+,27-,28?,29?,30-,31?,32?,33+,34-/m11/s1. The Morgan fingerprint density at radius 1 is 0.547 bits per heavy atom. The number of unbranched alkanes of at least 4 members (excludes halogenated alkanes) is 2. The predicted octanol–water partition coefficient (Wildman–Crippen LogP) is 10.0. The first-order chi connectivity index (χ1) is 40.9. The van der Waals surface area contributed by atoms with Crippen molar-refractivity contribution in [1.29, 1.82) is 0 Å². The Balaban J connectivity index is 0.000000246. The summed E-state index contributed by atoms with van der Waals surface area (Å²) in [7, 11) is 0. The van der Waals surface area contributed by atoms with Crippen molar-refractivity contribution >= 4 is 22.7 Å². The topological polar surface area (TPSA) is 274 Å². The monoisotopic (exact) mass is 1250 g/mol. The molecule has 86 heavy (non-hydrogen) atoms. The van der Waals surface area contributed by atoms with Gasteiger partial charge in [-0.3, -0.25) is 17.5 Å². The van der Waals surface area contributed by atoms with E-state index in [2.05, 4.69) is 62.8 Å². The van der Waals surface area contributed by atoms with Gasteiger partial charge in [0.2, 0.25) is 0 Å². The summed E-state index contributed by atoms with van der Waals surface area (Å²) in [5.74, 6) is 6.96. The van der Waals surface area contributed by atoms with Crippen LogP contribution in [0.1, 0.15) is 235 Å². The zero-order chi connectivity index (χ0) is 62.5. The molecular weight excluding hydrogens is 1120 g/mol. The van der Waals surface area contributed by atoms with E-state index in [0.717, 1.165) is 129 Å². The van der Waals surface area contributed by atoms with E-state index in [0.29, 0.717) is 107 Å². The minimum Gasteiger partial charge on any atom is -0.393 e. The van der Waals surface area contributed by atoms with Crippen LogP contribution in [0.4, 0.5) is 0 Å². The molecule has 0 aliphatic heterocycles. The molecule has 8 saturated carbocycles. The highest BCUT2D eigenvalue weighted by Gasteiger charge is 2.65. The van der Waals surface area contributed by atoms with Gasteiger partial charge < -0.3 is 53.2 Å². The first kappa shape index (κ1) is 73.2. The third-order valence-corrected chi connectivity index (χ3v) is 27.1. The first-order valence-corrected chi connectivity index (χ1v) is 37.5. The summed E-state index contributed by atoms with van der Waals surface area (Å²) < 4.78 is 50.0. The van der Waals surface area contributed by atoms with Gasteiger partial charge in [0.25, 0.3) is 0 Å². The molecule has 0 heterocycles. The van der Waals surface area contributed by atoms with Gasteiger partial charge in [-0.1, -0.05) is 67.2 Å². The smallest absolute Gasteiger partial charge is 0.302 e. The fraction of sp³-hybridized carbons (Fsp3) is 1.00. The van der Waals surface area contributed by atoms with Crippen LogP contribution >= 0.6 is 0 Å². The van der Waals surface area contributed by atoms with Crippen molar-refractivity contribution in [2.45, 2.75) is 271 Å². The van der Waals surface area contributed by atoms with Gasteiger partial charge in [0, 0.05) is 12.1 Å². The maximum absolute atomic E-state index is 11.8. The van der Waals surface area contributed by atoms with Crippen molar-refractivity contribution in [2.24, 2.45) is 104 Å². The van der Waals surface area contributed by atoms with E-state index in [1.165, 1.54) is 89.9 Å². The lowest BCUT2D eigenvalue weighted by molar-refractivity contribution is -0.167. The van der Waals surface area contributed by atoms with Gasteiger partial charge in [-0.05, 0) is 313 Å². The summed E-state index contributed by atoms with van der Waals surface area (Å²) in [6.07, 6.45) is 30.9. The van der Waals surface area contributed by atoms with Crippen LogP contribution in [0.15, 0.2) is 0 Å². The van der Waals surface area contributed by atoms with Crippen LogP contribution in [0, 0.1) is 92.7 Å². The fourth-order valence-electron chi connectivity index (χ4n) is 21.4. The molecular formula is C68H130N6O10S2. The Labute approximate surface area is 528 Å². The Bertz CT molecular complexity index is 2070. The number of aliphatic hydroxyl groups is 4. The fourth-order valence-corrected chi connectivity index (χ4v) is 22.3. The number of aliphatic hydroxyl groups excluding tert-OH is 3. The molecule has 8 aliphatic carbocycles. The second kappa shape index (κ2) is 33.2. The first-order valence-electron chi connectivity index (χ1n) is 35.4. The summed E-state index contributed by atoms with van der Waals surface area (Å²) in [4.78, 5) is 0. The van der Waals surface area contributed by atoms with Crippen molar-refractivity contribution in [2.75, 3.05) is 65.6 Å². The quantitative estimate of drug-likeness (QED) is 0.0211. The van der Waals surface area contributed by atoms with Crippen molar-refractivity contribution in [1.82, 2.24) is 21.3 Å². The van der Waals surface area contributed by atoms with Crippen LogP contribution in [-0.2, 0) is 31.1 Å². The molecule has 504 valence electrons. The summed E-state index contributed by atoms with van der Waals surface area (Å²) in [5.41, 5.74) is 10.3. The largest absolute Gasteiger partial charge is 0.393 e. The number of rotatable bonds is 34. The van der Waals surface area contributed by atoms with Crippen LogP contribution in [0.3, 0.4) is 0 Å². The predicted molar refractivity (Wildman–Crippen MR) is 349 cm³/mol. The zero-order valence-electron chi connectivity index (χ0n) is 55.4. The molecule has 12 unspecified atom stereocenters. The third kappa shape index (κ3) is 18.1. The van der Waals surface area contributed by atoms with E-state index in [4.69, 9.17) is 24.4 Å². The molecule has 0 aromatic carbocycles. The Morgan fingerprint density at radius 3 is 1.38 bits per heavy atom. The Morgan fingerprint density at radius 2 is 0.965 bits per heavy atom. The van der Waals surface area contributed by atoms with Crippen molar-refractivity contribution < 1.29 is 46.3 Å². The average molecular weight is 1260 g/mol. The highest BCUT2D eigenvalue weighted by atomic mass is 32.2. The van der Waals surface area contributed by atoms with Gasteiger partial charge >= 0.3 is 22.7 Å². The molecule has 0 spiro atoms. The molecule has 14 N–H and O–H groups in total. The van der Waals surface area contributed by atoms with E-state index >= 15 is 0 Å². The van der Waals surface area contributed by atoms with Gasteiger partial charge in [-0.25, -0.2) is 0 Å². The lowest BCUT2D eigenvalue weighted by Gasteiger charge is -2.62. The molecule has 18 heteroatoms. The molecule has 0 amide bonds. The average Bonchev–Trinajstić information content (AvgIpc) is 1.30. The number of fused-ring (bicyclic) bond motifs is 10. The van der Waals surface area contributed by atoms with E-state index in [9.17, 15) is 33.4 Å². The molecule has 16 nitrogen and oxygen atoms in total. The molecule has 0 saturated heterocycles. The molecule has 0 aromatic rings. The highest BCUT2D eigenvalue weighted by Crippen LogP contribution is 2.70. The van der Waals surface area contributed by atoms with Gasteiger partial charge in [-0.15, -0.1) is 0 Å². The maximum Gasteiger partial charge on any atom is 0.302 e. The van der Waals surface area contributed by atoms with Crippen molar-refractivity contribution in [3.8, 4) is 0 Å². The number of hydrogen-bond donors (Lipinski definition) is 12. The highest BCUT2D eigenvalue weighted by molar-refractivity contribution is 7.74. The molecule has 8 fully saturated rings. The SMILES string of the molecule is CC(CCCC(C)(CO)OS(=O)O)[C@H]1CCC2C3C(CC[C@@]21C)[C@@]1(C)CC[C@H](NCCCNCCCCN)C[C@@H]1C[C@H]3O.CC(CCCC(C)(O)COS(=O)O)[C@H]1CCC2C3C(CC[C@@]21C)[C@@]1(C)CC[C@H](NCCCNCCCCN)C[C@@H]1C[C@H]3O. The van der Waals surface area contributed by atoms with E-state index < -0.39 is 33.9 Å². The van der Waals surface area contributed by atoms with Crippen LogP contribution < -0.4 is 32.7 Å². The molecule has 0 bridgehead atoms. The van der Waals surface area contributed by atoms with E-state index in [1.54, 1.807) is 13.8 Å². The minimum absolute atomic E-state index is 0.126. The normalized spacial score (nSPS) is 40.2. The second-order valence-corrected chi connectivity index (χ2v) is 33.0. The van der Waals surface area contributed by atoms with Crippen LogP contribution in [0.5, 0.6) is 0 Å². The summed E-state index contributed by atoms with van der Waals surface area (Å²) in [5, 5.41) is 58.7. The number of nitrogens with one attached hydrogen (secondary N) is 4. The summed E-state index contributed by atoms with van der Waals surface area (Å²) in [6.45, 7) is 26.0. The molecule has 0 aromatic heterocycles. The lowest BCUT2D eigenvalue weighted by atomic mass is 9.43. The second-order valence-electron chi connectivity index (χ2n) is 31.7.